The van der Waals surface area contributed by atoms with Crippen molar-refractivity contribution in [3.05, 3.63) is 82.9 Å². The molecule has 5 rings (SSSR count). The van der Waals surface area contributed by atoms with E-state index in [4.69, 9.17) is 16.3 Å². The van der Waals surface area contributed by atoms with E-state index in [-0.39, 0.29) is 29.6 Å². The van der Waals surface area contributed by atoms with Crippen LogP contribution in [0.15, 0.2) is 76.0 Å². The Morgan fingerprint density at radius 2 is 1.84 bits per heavy atom. The van der Waals surface area contributed by atoms with E-state index in [9.17, 15) is 13.2 Å². The highest BCUT2D eigenvalue weighted by molar-refractivity contribution is 8.01. The van der Waals surface area contributed by atoms with Crippen molar-refractivity contribution in [3.8, 4) is 5.75 Å². The van der Waals surface area contributed by atoms with Gasteiger partial charge in [0.05, 0.1) is 28.0 Å². The van der Waals surface area contributed by atoms with Crippen LogP contribution < -0.4 is 4.74 Å². The normalized spacial score (nSPS) is 16.4. The lowest BCUT2D eigenvalue weighted by atomic mass is 10.1. The number of carbonyl (C=O) groups is 1. The molecule has 1 saturated heterocycles. The molecular formula is C26H24ClN3O4S3. The molecule has 7 nitrogen and oxygen atoms in total. The Balaban J connectivity index is 1.42. The van der Waals surface area contributed by atoms with Gasteiger partial charge >= 0.3 is 0 Å². The average Bonchev–Trinajstić information content (AvgIpc) is 3.52. The van der Waals surface area contributed by atoms with Gasteiger partial charge in [0.25, 0.3) is 0 Å². The predicted molar refractivity (Wildman–Crippen MR) is 148 cm³/mol. The van der Waals surface area contributed by atoms with Crippen LogP contribution in [0.2, 0.25) is 5.02 Å². The van der Waals surface area contributed by atoms with E-state index in [2.05, 4.69) is 4.98 Å². The molecule has 0 N–H and O–H groups in total. The fourth-order valence-electron chi connectivity index (χ4n) is 4.23. The molecule has 1 aliphatic heterocycles. The number of carbonyl (C=O) groups excluding carboxylic acids is 1. The summed E-state index contributed by atoms with van der Waals surface area (Å²) < 4.78 is 35.8. The third kappa shape index (κ3) is 5.35. The van der Waals surface area contributed by atoms with Crippen LogP contribution in [0.1, 0.15) is 17.3 Å². The van der Waals surface area contributed by atoms with Crippen LogP contribution in [-0.4, -0.2) is 54.5 Å². The lowest BCUT2D eigenvalue weighted by Crippen LogP contribution is -2.38. The standard InChI is InChI=1S/C26H24ClN3O4S3/c1-17-3-10-21(11-4-17)37(32,33)30-14-13-29(25(30)18-5-8-20(34-2)9-6-18)24(31)16-35-26-28-22-15-19(27)7-12-23(22)36-26/h3-12,15,25H,13-14,16H2,1-2H3. The maximum atomic E-state index is 13.7. The van der Waals surface area contributed by atoms with E-state index in [0.717, 1.165) is 20.1 Å². The number of rotatable bonds is 7. The number of hydrogen-bond donors (Lipinski definition) is 0. The van der Waals surface area contributed by atoms with Crippen LogP contribution in [0, 0.1) is 6.92 Å². The molecule has 1 atom stereocenters. The number of thiazole rings is 1. The van der Waals surface area contributed by atoms with Gasteiger partial charge in [0.2, 0.25) is 15.9 Å². The van der Waals surface area contributed by atoms with Gasteiger partial charge in [0.15, 0.2) is 4.34 Å². The summed E-state index contributed by atoms with van der Waals surface area (Å²) in [5.74, 6) is 0.627. The molecule has 4 aromatic rings. The summed E-state index contributed by atoms with van der Waals surface area (Å²) in [4.78, 5) is 19.9. The number of aromatic nitrogens is 1. The summed E-state index contributed by atoms with van der Waals surface area (Å²) in [6.45, 7) is 2.39. The van der Waals surface area contributed by atoms with Crippen molar-refractivity contribution in [2.24, 2.45) is 0 Å². The minimum atomic E-state index is -3.84. The first kappa shape index (κ1) is 26.0. The Morgan fingerprint density at radius 1 is 1.11 bits per heavy atom. The Labute approximate surface area is 229 Å². The Bertz CT molecular complexity index is 1540. The van der Waals surface area contributed by atoms with Crippen LogP contribution >= 0.6 is 34.7 Å². The highest BCUT2D eigenvalue weighted by Gasteiger charge is 2.43. The highest BCUT2D eigenvalue weighted by atomic mass is 35.5. The number of nitrogens with zero attached hydrogens (tertiary/aromatic N) is 3. The van der Waals surface area contributed by atoms with Crippen molar-refractivity contribution >= 4 is 60.8 Å². The average molecular weight is 574 g/mol. The van der Waals surface area contributed by atoms with Crippen molar-refractivity contribution in [2.45, 2.75) is 22.3 Å². The topological polar surface area (TPSA) is 79.8 Å². The smallest absolute Gasteiger partial charge is 0.245 e. The summed E-state index contributed by atoms with van der Waals surface area (Å²) in [5.41, 5.74) is 2.46. The third-order valence-corrected chi connectivity index (χ3v) is 10.4. The van der Waals surface area contributed by atoms with Gasteiger partial charge in [-0.15, -0.1) is 11.3 Å². The summed E-state index contributed by atoms with van der Waals surface area (Å²) >= 11 is 8.91. The molecular weight excluding hydrogens is 550 g/mol. The van der Waals surface area contributed by atoms with E-state index in [1.165, 1.54) is 27.4 Å². The summed E-state index contributed by atoms with van der Waals surface area (Å²) in [6.07, 6.45) is -0.764. The number of aryl methyl sites for hydroxylation is 1. The fourth-order valence-corrected chi connectivity index (χ4v) is 7.91. The number of halogens is 1. The first-order chi connectivity index (χ1) is 17.8. The van der Waals surface area contributed by atoms with Crippen molar-refractivity contribution in [2.75, 3.05) is 26.0 Å². The second-order valence-corrected chi connectivity index (χ2v) is 13.1. The van der Waals surface area contributed by atoms with Gasteiger partial charge in [-0.3, -0.25) is 4.79 Å². The SMILES string of the molecule is COc1ccc(C2N(C(=O)CSc3nc4cc(Cl)ccc4s3)CCN2S(=O)(=O)c2ccc(C)cc2)cc1. The molecule has 0 bridgehead atoms. The molecule has 2 heterocycles. The second-order valence-electron chi connectivity index (χ2n) is 8.54. The van der Waals surface area contributed by atoms with E-state index in [0.29, 0.717) is 16.3 Å². The number of hydrogen-bond acceptors (Lipinski definition) is 7. The highest BCUT2D eigenvalue weighted by Crippen LogP contribution is 2.37. The molecule has 1 aromatic heterocycles. The van der Waals surface area contributed by atoms with E-state index in [1.807, 2.05) is 19.1 Å². The molecule has 1 unspecified atom stereocenters. The van der Waals surface area contributed by atoms with E-state index in [1.54, 1.807) is 66.6 Å². The number of thioether (sulfide) groups is 1. The number of amides is 1. The molecule has 192 valence electrons. The monoisotopic (exact) mass is 573 g/mol. The van der Waals surface area contributed by atoms with E-state index < -0.39 is 16.2 Å². The van der Waals surface area contributed by atoms with Gasteiger partial charge in [-0.25, -0.2) is 13.4 Å². The maximum absolute atomic E-state index is 13.7. The summed E-state index contributed by atoms with van der Waals surface area (Å²) in [6, 6.07) is 19.4. The first-order valence-corrected chi connectivity index (χ1v) is 15.1. The Kier molecular flexibility index (Phi) is 7.46. The third-order valence-electron chi connectivity index (χ3n) is 6.14. The number of benzene rings is 3. The lowest BCUT2D eigenvalue weighted by molar-refractivity contribution is -0.130. The molecule has 37 heavy (non-hydrogen) atoms. The summed E-state index contributed by atoms with van der Waals surface area (Å²) in [7, 11) is -2.27. The van der Waals surface area contributed by atoms with Crippen molar-refractivity contribution in [1.82, 2.24) is 14.2 Å². The van der Waals surface area contributed by atoms with Crippen LogP contribution in [0.3, 0.4) is 0 Å². The van der Waals surface area contributed by atoms with Gasteiger partial charge in [0, 0.05) is 18.1 Å². The molecule has 1 fully saturated rings. The van der Waals surface area contributed by atoms with Gasteiger partial charge in [0.1, 0.15) is 11.9 Å². The van der Waals surface area contributed by atoms with Gasteiger partial charge in [-0.2, -0.15) is 4.31 Å². The largest absolute Gasteiger partial charge is 0.497 e. The van der Waals surface area contributed by atoms with Gasteiger partial charge < -0.3 is 9.64 Å². The second kappa shape index (κ2) is 10.6. The fraction of sp³-hybridized carbons (Fsp3) is 0.231. The number of sulfonamides is 1. The molecule has 1 amide bonds. The zero-order chi connectivity index (χ0) is 26.2. The quantitative estimate of drug-likeness (QED) is 0.268. The lowest BCUT2D eigenvalue weighted by Gasteiger charge is -2.30. The molecule has 0 radical (unpaired) electrons. The minimum absolute atomic E-state index is 0.138. The zero-order valence-corrected chi connectivity index (χ0v) is 23.3. The number of methoxy groups -OCH3 is 1. The van der Waals surface area contributed by atoms with Crippen molar-refractivity contribution in [1.29, 1.82) is 0 Å². The molecule has 1 aliphatic rings. The van der Waals surface area contributed by atoms with Crippen LogP contribution in [0.25, 0.3) is 10.2 Å². The molecule has 0 saturated carbocycles. The maximum Gasteiger partial charge on any atom is 0.245 e. The van der Waals surface area contributed by atoms with Crippen LogP contribution in [0.4, 0.5) is 0 Å². The van der Waals surface area contributed by atoms with Crippen molar-refractivity contribution in [3.63, 3.8) is 0 Å². The zero-order valence-electron chi connectivity index (χ0n) is 20.1. The number of ether oxygens (including phenoxy) is 1. The molecule has 3 aromatic carbocycles. The molecule has 0 spiro atoms. The predicted octanol–water partition coefficient (Wildman–Crippen LogP) is 5.59. The van der Waals surface area contributed by atoms with Gasteiger partial charge in [-0.1, -0.05) is 53.2 Å². The Morgan fingerprint density at radius 3 is 2.54 bits per heavy atom. The number of fused-ring (bicyclic) bond motifs is 1. The summed E-state index contributed by atoms with van der Waals surface area (Å²) in [5, 5.41) is 0.611. The first-order valence-electron chi connectivity index (χ1n) is 11.5. The van der Waals surface area contributed by atoms with E-state index >= 15 is 0 Å². The van der Waals surface area contributed by atoms with Crippen LogP contribution in [0.5, 0.6) is 5.75 Å². The van der Waals surface area contributed by atoms with Gasteiger partial charge in [-0.05, 0) is 55.0 Å². The minimum Gasteiger partial charge on any atom is -0.497 e. The van der Waals surface area contributed by atoms with Crippen molar-refractivity contribution < 1.29 is 17.9 Å². The molecule has 11 heteroatoms. The Hall–Kier alpha value is -2.63. The molecule has 0 aliphatic carbocycles. The van der Waals surface area contributed by atoms with Crippen LogP contribution in [-0.2, 0) is 14.8 Å².